The second kappa shape index (κ2) is 5.97. The summed E-state index contributed by atoms with van der Waals surface area (Å²) in [5, 5.41) is 16.2. The summed E-state index contributed by atoms with van der Waals surface area (Å²) in [5.41, 5.74) is 4.69. The molecule has 24 heavy (non-hydrogen) atoms. The maximum Gasteiger partial charge on any atom is 0.278 e. The molecule has 1 N–H and O–H groups in total. The van der Waals surface area contributed by atoms with E-state index in [1.54, 1.807) is 29.5 Å². The molecule has 3 aromatic rings. The molecule has 120 valence electrons. The van der Waals surface area contributed by atoms with Gasteiger partial charge in [0, 0.05) is 10.9 Å². The van der Waals surface area contributed by atoms with Crippen molar-refractivity contribution < 1.29 is 4.92 Å². The molecule has 0 radical (unpaired) electrons. The van der Waals surface area contributed by atoms with Crippen LogP contribution < -0.4 is 5.43 Å². The fourth-order valence-electron chi connectivity index (χ4n) is 2.94. The number of thiophene rings is 1. The highest BCUT2D eigenvalue weighted by Gasteiger charge is 2.21. The van der Waals surface area contributed by atoms with Gasteiger partial charge >= 0.3 is 0 Å². The number of nitrogens with zero attached hydrogens (tertiary/aromatic N) is 4. The molecule has 0 amide bonds. The van der Waals surface area contributed by atoms with Crippen molar-refractivity contribution in [2.45, 2.75) is 19.3 Å². The van der Waals surface area contributed by atoms with E-state index in [1.807, 2.05) is 0 Å². The Balaban J connectivity index is 1.65. The van der Waals surface area contributed by atoms with Crippen LogP contribution in [0.15, 0.2) is 35.7 Å². The monoisotopic (exact) mass is 339 g/mol. The third-order valence-electron chi connectivity index (χ3n) is 4.01. The molecule has 0 saturated heterocycles. The van der Waals surface area contributed by atoms with Gasteiger partial charge in [-0.25, -0.2) is 9.97 Å². The van der Waals surface area contributed by atoms with Crippen LogP contribution in [-0.2, 0) is 12.8 Å². The van der Waals surface area contributed by atoms with Gasteiger partial charge in [0.2, 0.25) is 0 Å². The third kappa shape index (κ3) is 2.50. The number of benzene rings is 1. The van der Waals surface area contributed by atoms with Crippen LogP contribution in [0.4, 0.5) is 11.5 Å². The van der Waals surface area contributed by atoms with Gasteiger partial charge < -0.3 is 0 Å². The summed E-state index contributed by atoms with van der Waals surface area (Å²) in [5.74, 6) is 0.647. The second-order valence-electron chi connectivity index (χ2n) is 5.45. The number of nitro groups is 1. The van der Waals surface area contributed by atoms with E-state index in [0.29, 0.717) is 11.4 Å². The minimum Gasteiger partial charge on any atom is -0.261 e. The molecular weight excluding hydrogens is 326 g/mol. The number of hydrazone groups is 1. The lowest BCUT2D eigenvalue weighted by atomic mass is 10.2. The first-order valence-electron chi connectivity index (χ1n) is 7.52. The Morgan fingerprint density at radius 2 is 2.17 bits per heavy atom. The van der Waals surface area contributed by atoms with Gasteiger partial charge in [-0.2, -0.15) is 5.10 Å². The fourth-order valence-corrected chi connectivity index (χ4v) is 4.17. The molecule has 1 aliphatic rings. The summed E-state index contributed by atoms with van der Waals surface area (Å²) < 4.78 is 0. The largest absolute Gasteiger partial charge is 0.278 e. The van der Waals surface area contributed by atoms with Gasteiger partial charge in [-0.1, -0.05) is 12.1 Å². The minimum atomic E-state index is -0.421. The highest BCUT2D eigenvalue weighted by Crippen LogP contribution is 2.38. The van der Waals surface area contributed by atoms with Crippen LogP contribution in [0, 0.1) is 10.1 Å². The summed E-state index contributed by atoms with van der Waals surface area (Å²) in [6.07, 6.45) is 6.24. The van der Waals surface area contributed by atoms with Gasteiger partial charge in [0.25, 0.3) is 5.69 Å². The number of fused-ring (bicyclic) bond motifs is 3. The quantitative estimate of drug-likeness (QED) is 0.446. The number of anilines is 1. The maximum atomic E-state index is 11.0. The van der Waals surface area contributed by atoms with Crippen molar-refractivity contribution in [2.75, 3.05) is 5.43 Å². The average Bonchev–Trinajstić information content (AvgIpc) is 3.16. The summed E-state index contributed by atoms with van der Waals surface area (Å²) in [4.78, 5) is 21.6. The van der Waals surface area contributed by atoms with Crippen molar-refractivity contribution in [1.82, 2.24) is 9.97 Å². The lowest BCUT2D eigenvalue weighted by molar-refractivity contribution is -0.385. The Hall–Kier alpha value is -2.87. The van der Waals surface area contributed by atoms with E-state index in [0.717, 1.165) is 29.5 Å². The molecule has 0 unspecified atom stereocenters. The average molecular weight is 339 g/mol. The van der Waals surface area contributed by atoms with Gasteiger partial charge in [-0.3, -0.25) is 15.5 Å². The van der Waals surface area contributed by atoms with Crippen LogP contribution in [0.5, 0.6) is 0 Å². The second-order valence-corrected chi connectivity index (χ2v) is 6.53. The fraction of sp³-hybridized carbons (Fsp3) is 0.188. The van der Waals surface area contributed by atoms with Crippen molar-refractivity contribution in [3.8, 4) is 0 Å². The number of nitrogens with one attached hydrogen (secondary N) is 1. The van der Waals surface area contributed by atoms with Crippen molar-refractivity contribution in [3.63, 3.8) is 0 Å². The van der Waals surface area contributed by atoms with Crippen LogP contribution >= 0.6 is 11.3 Å². The first-order chi connectivity index (χ1) is 11.7. The molecule has 0 fully saturated rings. The van der Waals surface area contributed by atoms with E-state index in [4.69, 9.17) is 0 Å². The molecule has 0 aliphatic heterocycles. The maximum absolute atomic E-state index is 11.0. The van der Waals surface area contributed by atoms with E-state index in [2.05, 4.69) is 20.5 Å². The number of hydrogen-bond acceptors (Lipinski definition) is 7. The van der Waals surface area contributed by atoms with E-state index in [-0.39, 0.29) is 5.69 Å². The first-order valence-corrected chi connectivity index (χ1v) is 8.33. The van der Waals surface area contributed by atoms with E-state index < -0.39 is 4.92 Å². The van der Waals surface area contributed by atoms with Crippen molar-refractivity contribution in [2.24, 2.45) is 5.10 Å². The molecule has 1 aromatic carbocycles. The van der Waals surface area contributed by atoms with Crippen LogP contribution in [0.1, 0.15) is 22.4 Å². The highest BCUT2D eigenvalue weighted by atomic mass is 32.1. The Morgan fingerprint density at radius 1 is 1.29 bits per heavy atom. The number of aryl methyl sites for hydroxylation is 2. The Bertz CT molecular complexity index is 966. The molecule has 2 heterocycles. The van der Waals surface area contributed by atoms with Crippen LogP contribution in [0.3, 0.4) is 0 Å². The predicted molar refractivity (Wildman–Crippen MR) is 93.8 cm³/mol. The number of para-hydroxylation sites is 1. The molecule has 7 nitrogen and oxygen atoms in total. The van der Waals surface area contributed by atoms with Crippen LogP contribution in [0.25, 0.3) is 10.2 Å². The Kier molecular flexibility index (Phi) is 3.66. The zero-order valence-electron chi connectivity index (χ0n) is 12.6. The van der Waals surface area contributed by atoms with Crippen molar-refractivity contribution in [1.29, 1.82) is 0 Å². The lowest BCUT2D eigenvalue weighted by Gasteiger charge is -2.02. The van der Waals surface area contributed by atoms with Crippen LogP contribution in [0.2, 0.25) is 0 Å². The Morgan fingerprint density at radius 3 is 3.04 bits per heavy atom. The summed E-state index contributed by atoms with van der Waals surface area (Å²) in [6.45, 7) is 0. The SMILES string of the molecule is O=[N+]([O-])c1ccccc1/C=N\Nc1ncnc2sc3c(c12)CCC3. The van der Waals surface area contributed by atoms with E-state index >= 15 is 0 Å². The van der Waals surface area contributed by atoms with Gasteiger partial charge in [0.1, 0.15) is 11.2 Å². The summed E-state index contributed by atoms with van der Waals surface area (Å²) >= 11 is 1.70. The summed E-state index contributed by atoms with van der Waals surface area (Å²) in [7, 11) is 0. The molecule has 0 atom stereocenters. The zero-order chi connectivity index (χ0) is 16.5. The number of nitro benzene ring substituents is 1. The lowest BCUT2D eigenvalue weighted by Crippen LogP contribution is -1.98. The van der Waals surface area contributed by atoms with Gasteiger partial charge in [-0.15, -0.1) is 11.3 Å². The van der Waals surface area contributed by atoms with Gasteiger partial charge in [0.15, 0.2) is 5.82 Å². The van der Waals surface area contributed by atoms with Crippen molar-refractivity contribution in [3.05, 3.63) is 56.7 Å². The first kappa shape index (κ1) is 14.7. The highest BCUT2D eigenvalue weighted by molar-refractivity contribution is 7.19. The van der Waals surface area contributed by atoms with E-state index in [9.17, 15) is 10.1 Å². The normalized spacial score (nSPS) is 13.5. The number of rotatable bonds is 4. The molecule has 0 bridgehead atoms. The molecule has 0 spiro atoms. The number of hydrogen-bond donors (Lipinski definition) is 1. The van der Waals surface area contributed by atoms with Gasteiger partial charge in [0.05, 0.1) is 22.1 Å². The molecule has 0 saturated carbocycles. The molecule has 2 aromatic heterocycles. The van der Waals surface area contributed by atoms with Crippen molar-refractivity contribution >= 4 is 39.3 Å². The standard InChI is InChI=1S/C16H13N5O2S/c22-21(23)12-6-2-1-4-10(12)8-19-20-15-14-11-5-3-7-13(11)24-16(14)18-9-17-15/h1-2,4,6,8-9H,3,5,7H2,(H,17,18,20)/b19-8-. The predicted octanol–water partition coefficient (Wildman–Crippen LogP) is 3.53. The third-order valence-corrected chi connectivity index (χ3v) is 5.21. The minimum absolute atomic E-state index is 0.0207. The zero-order valence-corrected chi connectivity index (χ0v) is 13.4. The molecule has 8 heteroatoms. The smallest absolute Gasteiger partial charge is 0.261 e. The number of aromatic nitrogens is 2. The van der Waals surface area contributed by atoms with Crippen LogP contribution in [-0.4, -0.2) is 21.1 Å². The van der Waals surface area contributed by atoms with Gasteiger partial charge in [-0.05, 0) is 30.9 Å². The topological polar surface area (TPSA) is 93.3 Å². The molecule has 4 rings (SSSR count). The summed E-state index contributed by atoms with van der Waals surface area (Å²) in [6, 6.07) is 6.48. The molecule has 1 aliphatic carbocycles. The Labute approximate surface area is 141 Å². The van der Waals surface area contributed by atoms with E-state index in [1.165, 1.54) is 29.0 Å². The molecular formula is C16H13N5O2S.